The zero-order valence-electron chi connectivity index (χ0n) is 8.32. The van der Waals surface area contributed by atoms with Crippen LogP contribution in [0.5, 0.6) is 0 Å². The highest BCUT2D eigenvalue weighted by Gasteiger charge is 2.09. The Morgan fingerprint density at radius 1 is 1.64 bits per heavy atom. The molecule has 5 heteroatoms. The van der Waals surface area contributed by atoms with Crippen LogP contribution in [0.2, 0.25) is 0 Å². The van der Waals surface area contributed by atoms with Gasteiger partial charge in [-0.1, -0.05) is 0 Å². The van der Waals surface area contributed by atoms with Gasteiger partial charge in [0.1, 0.15) is 5.82 Å². The molecular weight excluding hydrogens is 180 g/mol. The topological polar surface area (TPSA) is 71.2 Å². The molecule has 1 amide bonds. The van der Waals surface area contributed by atoms with Gasteiger partial charge in [0, 0.05) is 19.8 Å². The lowest BCUT2D eigenvalue weighted by molar-refractivity contribution is 0.0802. The number of hydrogen-bond acceptors (Lipinski definition) is 4. The SMILES string of the molecule is CCN(C)C(=O)c1ccc(NN)nc1. The molecule has 3 N–H and O–H groups in total. The minimum Gasteiger partial charge on any atom is -0.342 e. The zero-order chi connectivity index (χ0) is 10.6. The van der Waals surface area contributed by atoms with Crippen LogP contribution in [0, 0.1) is 0 Å². The van der Waals surface area contributed by atoms with Crippen molar-refractivity contribution in [2.45, 2.75) is 6.92 Å². The standard InChI is InChI=1S/C9H14N4O/c1-3-13(2)9(14)7-4-5-8(12-10)11-6-7/h4-6H,3,10H2,1-2H3,(H,11,12). The van der Waals surface area contributed by atoms with E-state index in [2.05, 4.69) is 10.4 Å². The molecule has 0 fully saturated rings. The second-order valence-electron chi connectivity index (χ2n) is 2.90. The molecule has 1 heterocycles. The fraction of sp³-hybridized carbons (Fsp3) is 0.333. The Balaban J connectivity index is 2.81. The van der Waals surface area contributed by atoms with Gasteiger partial charge in [-0.2, -0.15) is 0 Å². The number of nitrogens with two attached hydrogens (primary N) is 1. The maximum atomic E-state index is 11.6. The Hall–Kier alpha value is -1.62. The van der Waals surface area contributed by atoms with Crippen LogP contribution in [0.25, 0.3) is 0 Å². The number of carbonyl (C=O) groups is 1. The second-order valence-corrected chi connectivity index (χ2v) is 2.90. The van der Waals surface area contributed by atoms with Crippen molar-refractivity contribution in [2.24, 2.45) is 5.84 Å². The van der Waals surface area contributed by atoms with Gasteiger partial charge in [-0.25, -0.2) is 10.8 Å². The number of pyridine rings is 1. The Kier molecular flexibility index (Phi) is 3.41. The molecule has 5 nitrogen and oxygen atoms in total. The number of hydrazine groups is 1. The first kappa shape index (κ1) is 10.5. The summed E-state index contributed by atoms with van der Waals surface area (Å²) < 4.78 is 0. The highest BCUT2D eigenvalue weighted by molar-refractivity contribution is 5.93. The first-order valence-corrected chi connectivity index (χ1v) is 4.37. The number of hydrogen-bond donors (Lipinski definition) is 2. The van der Waals surface area contributed by atoms with Gasteiger partial charge < -0.3 is 10.3 Å². The second kappa shape index (κ2) is 4.57. The van der Waals surface area contributed by atoms with Crippen molar-refractivity contribution in [2.75, 3.05) is 19.0 Å². The normalized spacial score (nSPS) is 9.64. The lowest BCUT2D eigenvalue weighted by atomic mass is 10.2. The van der Waals surface area contributed by atoms with Crippen molar-refractivity contribution in [1.82, 2.24) is 9.88 Å². The van der Waals surface area contributed by atoms with E-state index in [-0.39, 0.29) is 5.91 Å². The molecule has 14 heavy (non-hydrogen) atoms. The molecule has 0 atom stereocenters. The summed E-state index contributed by atoms with van der Waals surface area (Å²) in [5, 5.41) is 0. The largest absolute Gasteiger partial charge is 0.342 e. The average Bonchev–Trinajstić information content (AvgIpc) is 2.27. The number of carbonyl (C=O) groups excluding carboxylic acids is 1. The smallest absolute Gasteiger partial charge is 0.255 e. The van der Waals surface area contributed by atoms with Gasteiger partial charge in [0.05, 0.1) is 5.56 Å². The van der Waals surface area contributed by atoms with E-state index in [4.69, 9.17) is 5.84 Å². The van der Waals surface area contributed by atoms with E-state index in [1.165, 1.54) is 6.20 Å². The molecule has 0 aliphatic carbocycles. The van der Waals surface area contributed by atoms with Crippen LogP contribution in [0.4, 0.5) is 5.82 Å². The van der Waals surface area contributed by atoms with Crippen molar-refractivity contribution in [1.29, 1.82) is 0 Å². The number of aromatic nitrogens is 1. The van der Waals surface area contributed by atoms with Crippen LogP contribution in [0.3, 0.4) is 0 Å². The van der Waals surface area contributed by atoms with Crippen molar-refractivity contribution in [3.63, 3.8) is 0 Å². The Labute approximate surface area is 82.9 Å². The third-order valence-corrected chi connectivity index (χ3v) is 1.98. The summed E-state index contributed by atoms with van der Waals surface area (Å²) in [4.78, 5) is 17.2. The Morgan fingerprint density at radius 3 is 2.79 bits per heavy atom. The van der Waals surface area contributed by atoms with Gasteiger partial charge in [0.15, 0.2) is 0 Å². The van der Waals surface area contributed by atoms with E-state index >= 15 is 0 Å². The summed E-state index contributed by atoms with van der Waals surface area (Å²) in [6.45, 7) is 2.59. The van der Waals surface area contributed by atoms with Gasteiger partial charge in [-0.05, 0) is 19.1 Å². The van der Waals surface area contributed by atoms with Crippen molar-refractivity contribution in [3.8, 4) is 0 Å². The van der Waals surface area contributed by atoms with Crippen LogP contribution < -0.4 is 11.3 Å². The molecule has 1 aromatic heterocycles. The molecule has 0 aromatic carbocycles. The first-order valence-electron chi connectivity index (χ1n) is 4.37. The summed E-state index contributed by atoms with van der Waals surface area (Å²) in [7, 11) is 1.75. The third-order valence-electron chi connectivity index (χ3n) is 1.98. The number of nitrogen functional groups attached to an aromatic ring is 1. The summed E-state index contributed by atoms with van der Waals surface area (Å²) in [6, 6.07) is 3.35. The van der Waals surface area contributed by atoms with Crippen LogP contribution >= 0.6 is 0 Å². The maximum Gasteiger partial charge on any atom is 0.255 e. The first-order chi connectivity index (χ1) is 6.69. The molecule has 0 aliphatic rings. The lowest BCUT2D eigenvalue weighted by Crippen LogP contribution is -2.26. The van der Waals surface area contributed by atoms with Gasteiger partial charge in [0.2, 0.25) is 0 Å². The summed E-state index contributed by atoms with van der Waals surface area (Å²) in [5.41, 5.74) is 2.96. The molecule has 0 aliphatic heterocycles. The van der Waals surface area contributed by atoms with E-state index in [0.29, 0.717) is 17.9 Å². The van der Waals surface area contributed by atoms with E-state index in [1.54, 1.807) is 24.1 Å². The predicted octanol–water partition coefficient (Wildman–Crippen LogP) is 0.459. The molecular formula is C9H14N4O. The monoisotopic (exact) mass is 194 g/mol. The number of nitrogens with zero attached hydrogens (tertiary/aromatic N) is 2. The Morgan fingerprint density at radius 2 is 2.36 bits per heavy atom. The highest BCUT2D eigenvalue weighted by atomic mass is 16.2. The summed E-state index contributed by atoms with van der Waals surface area (Å²) in [6.07, 6.45) is 1.50. The number of rotatable bonds is 3. The van der Waals surface area contributed by atoms with E-state index in [1.807, 2.05) is 6.92 Å². The van der Waals surface area contributed by atoms with E-state index in [0.717, 1.165) is 0 Å². The summed E-state index contributed by atoms with van der Waals surface area (Å²) >= 11 is 0. The fourth-order valence-electron chi connectivity index (χ4n) is 0.970. The van der Waals surface area contributed by atoms with Gasteiger partial charge in [0.25, 0.3) is 5.91 Å². The molecule has 0 saturated carbocycles. The zero-order valence-corrected chi connectivity index (χ0v) is 8.32. The molecule has 0 unspecified atom stereocenters. The predicted molar refractivity (Wildman–Crippen MR) is 54.7 cm³/mol. The molecule has 1 rings (SSSR count). The van der Waals surface area contributed by atoms with Crippen LogP contribution in [-0.4, -0.2) is 29.4 Å². The molecule has 1 aromatic rings. The minimum absolute atomic E-state index is 0.0384. The van der Waals surface area contributed by atoms with Crippen LogP contribution in [0.15, 0.2) is 18.3 Å². The number of amides is 1. The third kappa shape index (κ3) is 2.20. The van der Waals surface area contributed by atoms with Crippen LogP contribution in [0.1, 0.15) is 17.3 Å². The van der Waals surface area contributed by atoms with E-state index in [9.17, 15) is 4.79 Å². The molecule has 0 saturated heterocycles. The van der Waals surface area contributed by atoms with Gasteiger partial charge in [-0.15, -0.1) is 0 Å². The average molecular weight is 194 g/mol. The van der Waals surface area contributed by atoms with E-state index < -0.39 is 0 Å². The molecule has 76 valence electrons. The highest BCUT2D eigenvalue weighted by Crippen LogP contribution is 2.05. The minimum atomic E-state index is -0.0384. The van der Waals surface area contributed by atoms with Crippen molar-refractivity contribution in [3.05, 3.63) is 23.9 Å². The van der Waals surface area contributed by atoms with Crippen molar-refractivity contribution < 1.29 is 4.79 Å². The quantitative estimate of drug-likeness (QED) is 0.541. The Bertz CT molecular complexity index is 309. The molecule has 0 bridgehead atoms. The summed E-state index contributed by atoms with van der Waals surface area (Å²) in [5.74, 6) is 5.66. The van der Waals surface area contributed by atoms with Gasteiger partial charge in [-0.3, -0.25) is 4.79 Å². The van der Waals surface area contributed by atoms with Crippen molar-refractivity contribution >= 4 is 11.7 Å². The number of nitrogens with one attached hydrogen (secondary N) is 1. The number of anilines is 1. The maximum absolute atomic E-state index is 11.6. The lowest BCUT2D eigenvalue weighted by Gasteiger charge is -2.13. The van der Waals surface area contributed by atoms with Crippen LogP contribution in [-0.2, 0) is 0 Å². The van der Waals surface area contributed by atoms with Gasteiger partial charge >= 0.3 is 0 Å². The fourth-order valence-corrected chi connectivity index (χ4v) is 0.970. The molecule has 0 spiro atoms. The molecule has 0 radical (unpaired) electrons.